The van der Waals surface area contributed by atoms with Gasteiger partial charge in [-0.3, -0.25) is 4.79 Å². The zero-order chi connectivity index (χ0) is 18.7. The standard InChI is InChI=1S/C19H33N3O3/c1-6-24-17-12-15(13-21-11-7-10-20-5)8-9-16(17)25-14-18(23)22-19(2,3)4/h8-9,12,20-21H,6-7,10-11,13-14H2,1-5H3,(H,22,23). The molecule has 0 saturated heterocycles. The van der Waals surface area contributed by atoms with Gasteiger partial charge in [-0.25, -0.2) is 0 Å². The molecule has 0 aliphatic heterocycles. The summed E-state index contributed by atoms with van der Waals surface area (Å²) in [6.45, 7) is 11.0. The second-order valence-corrected chi connectivity index (χ2v) is 6.93. The number of amides is 1. The first-order valence-corrected chi connectivity index (χ1v) is 8.90. The van der Waals surface area contributed by atoms with Gasteiger partial charge in [0.2, 0.25) is 0 Å². The molecule has 0 spiro atoms. The SMILES string of the molecule is CCOc1cc(CNCCCNC)ccc1OCC(=O)NC(C)(C)C. The third-order valence-corrected chi connectivity index (χ3v) is 3.29. The molecule has 0 atom stereocenters. The third-order valence-electron chi connectivity index (χ3n) is 3.29. The molecular formula is C19H33N3O3. The second kappa shape index (κ2) is 10.9. The van der Waals surface area contributed by atoms with Gasteiger partial charge in [-0.2, -0.15) is 0 Å². The van der Waals surface area contributed by atoms with E-state index in [0.717, 1.165) is 31.6 Å². The Bertz CT molecular complexity index is 527. The Hall–Kier alpha value is -1.79. The second-order valence-electron chi connectivity index (χ2n) is 6.93. The molecule has 0 fully saturated rings. The Morgan fingerprint density at radius 3 is 2.52 bits per heavy atom. The summed E-state index contributed by atoms with van der Waals surface area (Å²) in [5.41, 5.74) is 0.853. The van der Waals surface area contributed by atoms with Crippen molar-refractivity contribution in [3.05, 3.63) is 23.8 Å². The molecule has 0 saturated carbocycles. The average molecular weight is 351 g/mol. The molecule has 1 rings (SSSR count). The number of carbonyl (C=O) groups excluding carboxylic acids is 1. The Labute approximate surface area is 151 Å². The number of hydrogen-bond acceptors (Lipinski definition) is 5. The van der Waals surface area contributed by atoms with Crippen molar-refractivity contribution in [3.63, 3.8) is 0 Å². The van der Waals surface area contributed by atoms with Crippen LogP contribution < -0.4 is 25.4 Å². The number of ether oxygens (including phenoxy) is 2. The first kappa shape index (κ1) is 21.3. The normalized spacial score (nSPS) is 11.2. The zero-order valence-electron chi connectivity index (χ0n) is 16.2. The highest BCUT2D eigenvalue weighted by Crippen LogP contribution is 2.28. The van der Waals surface area contributed by atoms with Gasteiger partial charge >= 0.3 is 0 Å². The van der Waals surface area contributed by atoms with Crippen LogP contribution >= 0.6 is 0 Å². The van der Waals surface area contributed by atoms with Gasteiger partial charge < -0.3 is 25.4 Å². The summed E-state index contributed by atoms with van der Waals surface area (Å²) in [7, 11) is 1.95. The fourth-order valence-corrected chi connectivity index (χ4v) is 2.27. The molecule has 6 heteroatoms. The summed E-state index contributed by atoms with van der Waals surface area (Å²) in [6, 6.07) is 5.82. The summed E-state index contributed by atoms with van der Waals surface area (Å²) in [5, 5.41) is 9.41. The largest absolute Gasteiger partial charge is 0.490 e. The van der Waals surface area contributed by atoms with Gasteiger partial charge in [0.05, 0.1) is 6.61 Å². The van der Waals surface area contributed by atoms with Crippen molar-refractivity contribution >= 4 is 5.91 Å². The number of nitrogens with one attached hydrogen (secondary N) is 3. The van der Waals surface area contributed by atoms with Crippen molar-refractivity contribution in [1.29, 1.82) is 0 Å². The van der Waals surface area contributed by atoms with E-state index in [1.165, 1.54) is 0 Å². The fraction of sp³-hybridized carbons (Fsp3) is 0.632. The molecule has 0 aromatic heterocycles. The van der Waals surface area contributed by atoms with Crippen molar-refractivity contribution in [1.82, 2.24) is 16.0 Å². The van der Waals surface area contributed by atoms with Crippen molar-refractivity contribution in [3.8, 4) is 11.5 Å². The van der Waals surface area contributed by atoms with E-state index >= 15 is 0 Å². The smallest absolute Gasteiger partial charge is 0.258 e. The minimum Gasteiger partial charge on any atom is -0.490 e. The van der Waals surface area contributed by atoms with Gasteiger partial charge in [-0.1, -0.05) is 6.07 Å². The maximum atomic E-state index is 11.9. The molecule has 25 heavy (non-hydrogen) atoms. The number of benzene rings is 1. The van der Waals surface area contributed by atoms with E-state index in [1.54, 1.807) is 0 Å². The van der Waals surface area contributed by atoms with Crippen molar-refractivity contribution in [2.45, 2.75) is 46.2 Å². The molecule has 6 nitrogen and oxygen atoms in total. The van der Waals surface area contributed by atoms with Crippen molar-refractivity contribution in [2.24, 2.45) is 0 Å². The molecule has 0 aliphatic rings. The third kappa shape index (κ3) is 9.31. The molecule has 0 bridgehead atoms. The lowest BCUT2D eigenvalue weighted by atomic mass is 10.1. The highest BCUT2D eigenvalue weighted by molar-refractivity contribution is 5.78. The van der Waals surface area contributed by atoms with Gasteiger partial charge in [0.15, 0.2) is 18.1 Å². The summed E-state index contributed by atoms with van der Waals surface area (Å²) in [5.74, 6) is 1.11. The highest BCUT2D eigenvalue weighted by atomic mass is 16.5. The monoisotopic (exact) mass is 351 g/mol. The molecule has 3 N–H and O–H groups in total. The molecule has 0 heterocycles. The van der Waals surface area contributed by atoms with E-state index in [4.69, 9.17) is 9.47 Å². The molecular weight excluding hydrogens is 318 g/mol. The van der Waals surface area contributed by atoms with Crippen LogP contribution in [0.3, 0.4) is 0 Å². The first-order valence-electron chi connectivity index (χ1n) is 8.90. The summed E-state index contributed by atoms with van der Waals surface area (Å²) < 4.78 is 11.3. The molecule has 1 aromatic rings. The van der Waals surface area contributed by atoms with E-state index in [9.17, 15) is 4.79 Å². The quantitative estimate of drug-likeness (QED) is 0.533. The van der Waals surface area contributed by atoms with Crippen molar-refractivity contribution < 1.29 is 14.3 Å². The van der Waals surface area contributed by atoms with Gasteiger partial charge in [0, 0.05) is 12.1 Å². The molecule has 1 aromatic carbocycles. The van der Waals surface area contributed by atoms with Crippen LogP contribution in [0.4, 0.5) is 0 Å². The lowest BCUT2D eigenvalue weighted by Crippen LogP contribution is -2.43. The molecule has 0 radical (unpaired) electrons. The topological polar surface area (TPSA) is 71.6 Å². The molecule has 1 amide bonds. The van der Waals surface area contributed by atoms with Crippen LogP contribution in [0, 0.1) is 0 Å². The molecule has 0 aliphatic carbocycles. The Balaban J connectivity index is 2.59. The van der Waals surface area contributed by atoms with Crippen LogP contribution in [0.15, 0.2) is 18.2 Å². The van der Waals surface area contributed by atoms with E-state index in [2.05, 4.69) is 16.0 Å². The van der Waals surface area contributed by atoms with Gasteiger partial charge in [0.25, 0.3) is 5.91 Å². The Kier molecular flexibility index (Phi) is 9.31. The maximum Gasteiger partial charge on any atom is 0.258 e. The van der Waals surface area contributed by atoms with Crippen LogP contribution in [0.5, 0.6) is 11.5 Å². The van der Waals surface area contributed by atoms with Crippen LogP contribution in [0.1, 0.15) is 39.7 Å². The van der Waals surface area contributed by atoms with E-state index in [-0.39, 0.29) is 18.1 Å². The number of rotatable bonds is 11. The minimum absolute atomic E-state index is 0.0288. The summed E-state index contributed by atoms with van der Waals surface area (Å²) >= 11 is 0. The zero-order valence-corrected chi connectivity index (χ0v) is 16.2. The predicted molar refractivity (Wildman–Crippen MR) is 101 cm³/mol. The van der Waals surface area contributed by atoms with Crippen LogP contribution in [-0.2, 0) is 11.3 Å². The van der Waals surface area contributed by atoms with E-state index in [1.807, 2.05) is 52.9 Å². The summed E-state index contributed by atoms with van der Waals surface area (Å²) in [6.07, 6.45) is 1.08. The fourth-order valence-electron chi connectivity index (χ4n) is 2.27. The molecule has 142 valence electrons. The first-order chi connectivity index (χ1) is 11.9. The highest BCUT2D eigenvalue weighted by Gasteiger charge is 2.15. The lowest BCUT2D eigenvalue weighted by molar-refractivity contribution is -0.124. The number of hydrogen-bond donors (Lipinski definition) is 3. The van der Waals surface area contributed by atoms with Gasteiger partial charge in [-0.05, 0) is 71.9 Å². The predicted octanol–water partition coefficient (Wildman–Crippen LogP) is 2.08. The van der Waals surface area contributed by atoms with E-state index in [0.29, 0.717) is 18.1 Å². The van der Waals surface area contributed by atoms with Crippen LogP contribution in [0.2, 0.25) is 0 Å². The summed E-state index contributed by atoms with van der Waals surface area (Å²) in [4.78, 5) is 11.9. The van der Waals surface area contributed by atoms with Crippen LogP contribution in [-0.4, -0.2) is 44.8 Å². The van der Waals surface area contributed by atoms with Gasteiger partial charge in [-0.15, -0.1) is 0 Å². The minimum atomic E-state index is -0.272. The van der Waals surface area contributed by atoms with Crippen molar-refractivity contribution in [2.75, 3.05) is 33.4 Å². The number of carbonyl (C=O) groups is 1. The lowest BCUT2D eigenvalue weighted by Gasteiger charge is -2.21. The Morgan fingerprint density at radius 2 is 1.88 bits per heavy atom. The van der Waals surface area contributed by atoms with Gasteiger partial charge in [0.1, 0.15) is 0 Å². The maximum absolute atomic E-state index is 11.9. The van der Waals surface area contributed by atoms with E-state index < -0.39 is 0 Å². The average Bonchev–Trinajstić information content (AvgIpc) is 2.52. The Morgan fingerprint density at radius 1 is 1.12 bits per heavy atom. The molecule has 0 unspecified atom stereocenters. The van der Waals surface area contributed by atoms with Crippen LogP contribution in [0.25, 0.3) is 0 Å².